The van der Waals surface area contributed by atoms with E-state index in [9.17, 15) is 0 Å². The lowest BCUT2D eigenvalue weighted by Gasteiger charge is -2.12. The van der Waals surface area contributed by atoms with Gasteiger partial charge in [0.15, 0.2) is 0 Å². The summed E-state index contributed by atoms with van der Waals surface area (Å²) in [7, 11) is 0. The third-order valence-corrected chi connectivity index (χ3v) is 3.46. The van der Waals surface area contributed by atoms with Crippen LogP contribution < -0.4 is 10.6 Å². The van der Waals surface area contributed by atoms with Crippen molar-refractivity contribution in [3.63, 3.8) is 0 Å². The molecule has 0 spiro atoms. The van der Waals surface area contributed by atoms with E-state index in [0.717, 1.165) is 36.3 Å². The number of aryl methyl sites for hydroxylation is 1. The minimum Gasteiger partial charge on any atom is -0.354 e. The molecule has 1 atom stereocenters. The lowest BCUT2D eigenvalue weighted by Crippen LogP contribution is -2.14. The van der Waals surface area contributed by atoms with E-state index in [2.05, 4.69) is 40.5 Å². The fraction of sp³-hybridized carbons (Fsp3) is 0.714. The Bertz CT molecular complexity index is 383. The number of hydrogen-bond acceptors (Lipinski definition) is 4. The number of nitrogens with zero attached hydrogens (tertiary/aromatic N) is 2. The molecule has 1 aliphatic heterocycles. The number of hydrogen-bond donors (Lipinski definition) is 2. The van der Waals surface area contributed by atoms with Crippen molar-refractivity contribution < 1.29 is 0 Å². The Labute approximate surface area is 110 Å². The normalized spacial score (nSPS) is 19.4. The van der Waals surface area contributed by atoms with Gasteiger partial charge >= 0.3 is 0 Å². The molecule has 0 radical (unpaired) electrons. The molecule has 2 heterocycles. The highest BCUT2D eigenvalue weighted by atomic mass is 15.1. The molecule has 2 rings (SSSR count). The summed E-state index contributed by atoms with van der Waals surface area (Å²) in [5.74, 6) is 2.04. The minimum absolute atomic E-state index is 0.450. The molecule has 0 amide bonds. The average Bonchev–Trinajstić information content (AvgIpc) is 2.81. The SMILES string of the molecule is Cc1cc(C(C)C)nc(NCCC2CCNC2)n1. The first kappa shape index (κ1) is 13.3. The maximum Gasteiger partial charge on any atom is 0.223 e. The summed E-state index contributed by atoms with van der Waals surface area (Å²) >= 11 is 0. The molecule has 4 heteroatoms. The summed E-state index contributed by atoms with van der Waals surface area (Å²) < 4.78 is 0. The van der Waals surface area contributed by atoms with E-state index >= 15 is 0 Å². The van der Waals surface area contributed by atoms with Gasteiger partial charge in [-0.1, -0.05) is 13.8 Å². The standard InChI is InChI=1S/C14H24N4/c1-10(2)13-8-11(3)17-14(18-13)16-7-5-12-4-6-15-9-12/h8,10,12,15H,4-7,9H2,1-3H3,(H,16,17,18). The van der Waals surface area contributed by atoms with Crippen LogP contribution in [0.3, 0.4) is 0 Å². The van der Waals surface area contributed by atoms with Crippen LogP contribution in [0.4, 0.5) is 5.95 Å². The highest BCUT2D eigenvalue weighted by Crippen LogP contribution is 2.15. The second kappa shape index (κ2) is 6.14. The van der Waals surface area contributed by atoms with Gasteiger partial charge in [0, 0.05) is 17.9 Å². The molecule has 0 bridgehead atoms. The zero-order chi connectivity index (χ0) is 13.0. The summed E-state index contributed by atoms with van der Waals surface area (Å²) in [4.78, 5) is 9.00. The summed E-state index contributed by atoms with van der Waals surface area (Å²) in [6.07, 6.45) is 2.49. The van der Waals surface area contributed by atoms with E-state index in [1.54, 1.807) is 0 Å². The highest BCUT2D eigenvalue weighted by Gasteiger charge is 2.13. The van der Waals surface area contributed by atoms with Gasteiger partial charge < -0.3 is 10.6 Å². The molecule has 0 aromatic carbocycles. The first-order valence-electron chi connectivity index (χ1n) is 6.95. The van der Waals surface area contributed by atoms with Crippen LogP contribution in [0.5, 0.6) is 0 Å². The van der Waals surface area contributed by atoms with E-state index in [0.29, 0.717) is 5.92 Å². The lowest BCUT2D eigenvalue weighted by molar-refractivity contribution is 0.548. The monoisotopic (exact) mass is 248 g/mol. The summed E-state index contributed by atoms with van der Waals surface area (Å²) in [6, 6.07) is 2.07. The lowest BCUT2D eigenvalue weighted by atomic mass is 10.1. The van der Waals surface area contributed by atoms with Crippen LogP contribution in [-0.2, 0) is 0 Å². The Balaban J connectivity index is 1.88. The fourth-order valence-corrected chi connectivity index (χ4v) is 2.32. The van der Waals surface area contributed by atoms with Crippen LogP contribution in [0.1, 0.15) is 44.0 Å². The van der Waals surface area contributed by atoms with Crippen LogP contribution in [0.2, 0.25) is 0 Å². The van der Waals surface area contributed by atoms with Crippen molar-refractivity contribution in [3.05, 3.63) is 17.5 Å². The van der Waals surface area contributed by atoms with Gasteiger partial charge in [-0.2, -0.15) is 0 Å². The second-order valence-corrected chi connectivity index (χ2v) is 5.49. The minimum atomic E-state index is 0.450. The molecule has 1 unspecified atom stereocenters. The van der Waals surface area contributed by atoms with Crippen molar-refractivity contribution in [1.29, 1.82) is 0 Å². The van der Waals surface area contributed by atoms with Crippen LogP contribution in [0, 0.1) is 12.8 Å². The van der Waals surface area contributed by atoms with Crippen LogP contribution >= 0.6 is 0 Å². The fourth-order valence-electron chi connectivity index (χ4n) is 2.32. The highest BCUT2D eigenvalue weighted by molar-refractivity contribution is 5.28. The second-order valence-electron chi connectivity index (χ2n) is 5.49. The number of anilines is 1. The Hall–Kier alpha value is -1.16. The molecule has 1 aromatic rings. The van der Waals surface area contributed by atoms with Crippen molar-refractivity contribution in [1.82, 2.24) is 15.3 Å². The Morgan fingerprint density at radius 1 is 1.44 bits per heavy atom. The first-order chi connectivity index (χ1) is 8.65. The molecule has 2 N–H and O–H groups in total. The summed E-state index contributed by atoms with van der Waals surface area (Å²) in [5.41, 5.74) is 2.16. The van der Waals surface area contributed by atoms with Crippen molar-refractivity contribution in [2.24, 2.45) is 5.92 Å². The summed E-state index contributed by atoms with van der Waals surface area (Å²) in [6.45, 7) is 9.65. The number of nitrogens with one attached hydrogen (secondary N) is 2. The van der Waals surface area contributed by atoms with E-state index in [4.69, 9.17) is 0 Å². The topological polar surface area (TPSA) is 49.8 Å². The van der Waals surface area contributed by atoms with Crippen molar-refractivity contribution in [2.75, 3.05) is 25.0 Å². The van der Waals surface area contributed by atoms with Gasteiger partial charge in [0.05, 0.1) is 0 Å². The third kappa shape index (κ3) is 3.67. The van der Waals surface area contributed by atoms with Crippen molar-refractivity contribution in [2.45, 2.75) is 39.5 Å². The number of rotatable bonds is 5. The Morgan fingerprint density at radius 2 is 2.28 bits per heavy atom. The molecular formula is C14H24N4. The zero-order valence-electron chi connectivity index (χ0n) is 11.7. The predicted octanol–water partition coefficient (Wildman–Crippen LogP) is 2.32. The molecule has 1 saturated heterocycles. The van der Waals surface area contributed by atoms with E-state index in [-0.39, 0.29) is 0 Å². The van der Waals surface area contributed by atoms with E-state index < -0.39 is 0 Å². The summed E-state index contributed by atoms with van der Waals surface area (Å²) in [5, 5.41) is 6.75. The Morgan fingerprint density at radius 3 is 2.94 bits per heavy atom. The molecule has 1 fully saturated rings. The van der Waals surface area contributed by atoms with Gasteiger partial charge in [0.25, 0.3) is 0 Å². The average molecular weight is 248 g/mol. The predicted molar refractivity (Wildman–Crippen MR) is 74.9 cm³/mol. The molecule has 1 aromatic heterocycles. The van der Waals surface area contributed by atoms with Crippen molar-refractivity contribution >= 4 is 5.95 Å². The van der Waals surface area contributed by atoms with Gasteiger partial charge in [-0.25, -0.2) is 9.97 Å². The first-order valence-corrected chi connectivity index (χ1v) is 6.95. The smallest absolute Gasteiger partial charge is 0.223 e. The van der Waals surface area contributed by atoms with Crippen LogP contribution in [-0.4, -0.2) is 29.6 Å². The Kier molecular flexibility index (Phi) is 4.53. The van der Waals surface area contributed by atoms with E-state index in [1.165, 1.54) is 19.4 Å². The van der Waals surface area contributed by atoms with Gasteiger partial charge in [-0.3, -0.25) is 0 Å². The van der Waals surface area contributed by atoms with Gasteiger partial charge in [-0.15, -0.1) is 0 Å². The molecule has 1 aliphatic rings. The maximum atomic E-state index is 4.56. The number of aromatic nitrogens is 2. The van der Waals surface area contributed by atoms with Crippen LogP contribution in [0.15, 0.2) is 6.07 Å². The molecule has 0 aliphatic carbocycles. The van der Waals surface area contributed by atoms with Gasteiger partial charge in [-0.05, 0) is 50.8 Å². The van der Waals surface area contributed by atoms with Gasteiger partial charge in [0.1, 0.15) is 0 Å². The molecule has 0 saturated carbocycles. The molecular weight excluding hydrogens is 224 g/mol. The van der Waals surface area contributed by atoms with Gasteiger partial charge in [0.2, 0.25) is 5.95 Å². The largest absolute Gasteiger partial charge is 0.354 e. The molecule has 4 nitrogen and oxygen atoms in total. The maximum absolute atomic E-state index is 4.56. The zero-order valence-corrected chi connectivity index (χ0v) is 11.7. The molecule has 100 valence electrons. The van der Waals surface area contributed by atoms with Crippen molar-refractivity contribution in [3.8, 4) is 0 Å². The third-order valence-electron chi connectivity index (χ3n) is 3.46. The quantitative estimate of drug-likeness (QED) is 0.839. The molecule has 18 heavy (non-hydrogen) atoms. The van der Waals surface area contributed by atoms with E-state index in [1.807, 2.05) is 6.92 Å². The van der Waals surface area contributed by atoms with Crippen LogP contribution in [0.25, 0.3) is 0 Å².